The number of amides is 1. The Kier molecular flexibility index (Phi) is 10.2. The topological polar surface area (TPSA) is 65.5 Å². The van der Waals surface area contributed by atoms with E-state index in [0.29, 0.717) is 18.4 Å². The van der Waals surface area contributed by atoms with Crippen molar-refractivity contribution in [1.82, 2.24) is 16.0 Å². The van der Waals surface area contributed by atoms with Crippen LogP contribution in [0.3, 0.4) is 0 Å². The summed E-state index contributed by atoms with van der Waals surface area (Å²) < 4.78 is 1.11. The van der Waals surface area contributed by atoms with Gasteiger partial charge in [0.25, 0.3) is 0 Å². The van der Waals surface area contributed by atoms with Gasteiger partial charge in [-0.15, -0.1) is 0 Å². The Morgan fingerprint density at radius 2 is 2.04 bits per heavy atom. The number of benzene rings is 1. The smallest absolute Gasteiger partial charge is 0.239 e. The van der Waals surface area contributed by atoms with Crippen molar-refractivity contribution in [3.8, 4) is 0 Å². The standard InChI is InChI=1S/C18H29BrN4O/c1-4-9-21-17(24)13-23-18(20-3)22-12-14(5-2)10-15-7-6-8-16(19)11-15/h6-8,11,14H,4-5,9-10,12-13H2,1-3H3,(H,21,24)(H2,20,22,23). The summed E-state index contributed by atoms with van der Waals surface area (Å²) in [6.45, 7) is 5.99. The predicted octanol–water partition coefficient (Wildman–Crippen LogP) is 2.71. The largest absolute Gasteiger partial charge is 0.356 e. The third kappa shape index (κ3) is 8.34. The zero-order valence-electron chi connectivity index (χ0n) is 14.9. The SMILES string of the molecule is CCCNC(=O)CNC(=NC)NCC(CC)Cc1cccc(Br)c1. The lowest BCUT2D eigenvalue weighted by atomic mass is 9.97. The van der Waals surface area contributed by atoms with Gasteiger partial charge in [0.1, 0.15) is 0 Å². The normalized spacial score (nSPS) is 12.6. The first-order valence-electron chi connectivity index (χ1n) is 8.54. The number of carbonyl (C=O) groups is 1. The monoisotopic (exact) mass is 396 g/mol. The molecule has 0 aliphatic heterocycles. The van der Waals surface area contributed by atoms with Crippen LogP contribution in [0.5, 0.6) is 0 Å². The fourth-order valence-electron chi connectivity index (χ4n) is 2.31. The highest BCUT2D eigenvalue weighted by molar-refractivity contribution is 9.10. The van der Waals surface area contributed by atoms with Gasteiger partial charge in [-0.3, -0.25) is 9.79 Å². The summed E-state index contributed by atoms with van der Waals surface area (Å²) in [4.78, 5) is 15.8. The van der Waals surface area contributed by atoms with Crippen LogP contribution < -0.4 is 16.0 Å². The summed E-state index contributed by atoms with van der Waals surface area (Å²) >= 11 is 3.52. The molecule has 0 aliphatic rings. The number of rotatable bonds is 9. The van der Waals surface area contributed by atoms with Crippen molar-refractivity contribution in [2.75, 3.05) is 26.7 Å². The van der Waals surface area contributed by atoms with Crippen LogP contribution in [0.25, 0.3) is 0 Å². The molecule has 1 rings (SSSR count). The zero-order chi connectivity index (χ0) is 17.8. The molecular weight excluding hydrogens is 368 g/mol. The molecule has 1 aromatic rings. The fourth-order valence-corrected chi connectivity index (χ4v) is 2.76. The van der Waals surface area contributed by atoms with Crippen LogP contribution in [0, 0.1) is 5.92 Å². The molecule has 3 N–H and O–H groups in total. The minimum Gasteiger partial charge on any atom is -0.356 e. The Hall–Kier alpha value is -1.56. The van der Waals surface area contributed by atoms with Gasteiger partial charge in [0.15, 0.2) is 5.96 Å². The number of aliphatic imine (C=N–C) groups is 1. The van der Waals surface area contributed by atoms with Crippen molar-refractivity contribution in [1.29, 1.82) is 0 Å². The second kappa shape index (κ2) is 11.9. The molecule has 0 heterocycles. The van der Waals surface area contributed by atoms with Gasteiger partial charge in [0.2, 0.25) is 5.91 Å². The maximum atomic E-state index is 11.6. The predicted molar refractivity (Wildman–Crippen MR) is 104 cm³/mol. The molecule has 0 fully saturated rings. The summed E-state index contributed by atoms with van der Waals surface area (Å²) in [6.07, 6.45) is 3.02. The summed E-state index contributed by atoms with van der Waals surface area (Å²) in [6, 6.07) is 8.42. The molecule has 0 spiro atoms. The number of carbonyl (C=O) groups excluding carboxylic acids is 1. The molecule has 0 radical (unpaired) electrons. The van der Waals surface area contributed by atoms with E-state index in [1.54, 1.807) is 7.05 Å². The van der Waals surface area contributed by atoms with Crippen LogP contribution in [0.15, 0.2) is 33.7 Å². The van der Waals surface area contributed by atoms with Gasteiger partial charge in [-0.2, -0.15) is 0 Å². The van der Waals surface area contributed by atoms with Crippen molar-refractivity contribution >= 4 is 27.8 Å². The lowest BCUT2D eigenvalue weighted by molar-refractivity contribution is -0.120. The Morgan fingerprint density at radius 1 is 1.25 bits per heavy atom. The second-order valence-corrected chi connectivity index (χ2v) is 6.68. The van der Waals surface area contributed by atoms with Crippen LogP contribution in [-0.2, 0) is 11.2 Å². The lowest BCUT2D eigenvalue weighted by Crippen LogP contribution is -2.44. The van der Waals surface area contributed by atoms with E-state index in [-0.39, 0.29) is 12.5 Å². The molecular formula is C18H29BrN4O. The summed E-state index contributed by atoms with van der Waals surface area (Å²) in [5.74, 6) is 1.15. The quantitative estimate of drug-likeness (QED) is 0.444. The highest BCUT2D eigenvalue weighted by Crippen LogP contribution is 2.16. The van der Waals surface area contributed by atoms with Crippen molar-refractivity contribution in [2.24, 2.45) is 10.9 Å². The molecule has 1 amide bonds. The van der Waals surface area contributed by atoms with Crippen molar-refractivity contribution in [2.45, 2.75) is 33.1 Å². The van der Waals surface area contributed by atoms with E-state index in [2.05, 4.69) is 62.0 Å². The number of nitrogens with zero attached hydrogens (tertiary/aromatic N) is 1. The Balaban J connectivity index is 2.41. The minimum absolute atomic E-state index is 0.0130. The second-order valence-electron chi connectivity index (χ2n) is 5.76. The van der Waals surface area contributed by atoms with Gasteiger partial charge in [0, 0.05) is 24.6 Å². The summed E-state index contributed by atoms with van der Waals surface area (Å²) in [5, 5.41) is 9.20. The van der Waals surface area contributed by atoms with E-state index in [4.69, 9.17) is 0 Å². The van der Waals surface area contributed by atoms with Gasteiger partial charge < -0.3 is 16.0 Å². The lowest BCUT2D eigenvalue weighted by Gasteiger charge is -2.18. The van der Waals surface area contributed by atoms with E-state index in [0.717, 1.165) is 30.3 Å². The summed E-state index contributed by atoms with van der Waals surface area (Å²) in [7, 11) is 1.72. The molecule has 134 valence electrons. The Labute approximate surface area is 153 Å². The third-order valence-corrected chi connectivity index (χ3v) is 4.25. The number of hydrogen-bond donors (Lipinski definition) is 3. The molecule has 24 heavy (non-hydrogen) atoms. The van der Waals surface area contributed by atoms with Gasteiger partial charge in [-0.05, 0) is 36.5 Å². The van der Waals surface area contributed by atoms with Crippen LogP contribution in [-0.4, -0.2) is 38.5 Å². The summed E-state index contributed by atoms with van der Waals surface area (Å²) in [5.41, 5.74) is 1.32. The molecule has 0 bridgehead atoms. The maximum absolute atomic E-state index is 11.6. The highest BCUT2D eigenvalue weighted by Gasteiger charge is 2.10. The molecule has 1 atom stereocenters. The molecule has 0 saturated heterocycles. The molecule has 0 saturated carbocycles. The van der Waals surface area contributed by atoms with E-state index in [1.807, 2.05) is 13.0 Å². The molecule has 0 aromatic heterocycles. The van der Waals surface area contributed by atoms with E-state index >= 15 is 0 Å². The molecule has 6 heteroatoms. The third-order valence-electron chi connectivity index (χ3n) is 3.76. The zero-order valence-corrected chi connectivity index (χ0v) is 16.4. The van der Waals surface area contributed by atoms with Crippen molar-refractivity contribution in [3.63, 3.8) is 0 Å². The van der Waals surface area contributed by atoms with Gasteiger partial charge in [-0.1, -0.05) is 48.3 Å². The van der Waals surface area contributed by atoms with Crippen molar-refractivity contribution in [3.05, 3.63) is 34.3 Å². The Morgan fingerprint density at radius 3 is 2.67 bits per heavy atom. The number of halogens is 1. The Bertz CT molecular complexity index is 534. The average molecular weight is 397 g/mol. The van der Waals surface area contributed by atoms with Gasteiger partial charge in [-0.25, -0.2) is 0 Å². The van der Waals surface area contributed by atoms with Crippen LogP contribution in [0.2, 0.25) is 0 Å². The average Bonchev–Trinajstić information content (AvgIpc) is 2.58. The molecule has 0 aliphatic carbocycles. The fraction of sp³-hybridized carbons (Fsp3) is 0.556. The molecule has 5 nitrogen and oxygen atoms in total. The first-order valence-corrected chi connectivity index (χ1v) is 9.34. The van der Waals surface area contributed by atoms with Gasteiger partial charge in [0.05, 0.1) is 6.54 Å². The van der Waals surface area contributed by atoms with Crippen LogP contribution in [0.1, 0.15) is 32.3 Å². The van der Waals surface area contributed by atoms with E-state index < -0.39 is 0 Å². The van der Waals surface area contributed by atoms with E-state index in [1.165, 1.54) is 5.56 Å². The van der Waals surface area contributed by atoms with Crippen molar-refractivity contribution < 1.29 is 4.79 Å². The number of nitrogens with one attached hydrogen (secondary N) is 3. The minimum atomic E-state index is -0.0130. The number of hydrogen-bond acceptors (Lipinski definition) is 2. The maximum Gasteiger partial charge on any atom is 0.239 e. The van der Waals surface area contributed by atoms with Crippen LogP contribution in [0.4, 0.5) is 0 Å². The first kappa shape index (κ1) is 20.5. The first-order chi connectivity index (χ1) is 11.6. The highest BCUT2D eigenvalue weighted by atomic mass is 79.9. The molecule has 1 unspecified atom stereocenters. The van der Waals surface area contributed by atoms with E-state index in [9.17, 15) is 4.79 Å². The molecule has 1 aromatic carbocycles. The van der Waals surface area contributed by atoms with Crippen LogP contribution >= 0.6 is 15.9 Å². The number of guanidine groups is 1. The van der Waals surface area contributed by atoms with Gasteiger partial charge >= 0.3 is 0 Å².